The maximum Gasteiger partial charge on any atom is 0.254 e. The van der Waals surface area contributed by atoms with Crippen LogP contribution in [0.1, 0.15) is 30.1 Å². The highest BCUT2D eigenvalue weighted by molar-refractivity contribution is 7.08. The Balaban J connectivity index is 1.83. The molecule has 0 aliphatic carbocycles. The van der Waals surface area contributed by atoms with Crippen molar-refractivity contribution in [1.82, 2.24) is 9.80 Å². The largest absolute Gasteiger partial charge is 0.339 e. The Kier molecular flexibility index (Phi) is 5.76. The fraction of sp³-hybridized carbons (Fsp3) is 0.600. The minimum atomic E-state index is 0.0664. The van der Waals surface area contributed by atoms with Gasteiger partial charge in [-0.25, -0.2) is 0 Å². The van der Waals surface area contributed by atoms with Crippen molar-refractivity contribution in [3.63, 3.8) is 0 Å². The van der Waals surface area contributed by atoms with Crippen molar-refractivity contribution in [2.45, 2.75) is 19.8 Å². The molecule has 6 heteroatoms. The van der Waals surface area contributed by atoms with Gasteiger partial charge in [-0.05, 0) is 23.9 Å². The Bertz CT molecular complexity index is 463. The summed E-state index contributed by atoms with van der Waals surface area (Å²) in [6.07, 6.45) is 1.45. The van der Waals surface area contributed by atoms with Crippen molar-refractivity contribution in [2.24, 2.45) is 11.7 Å². The van der Waals surface area contributed by atoms with Gasteiger partial charge in [-0.3, -0.25) is 9.59 Å². The van der Waals surface area contributed by atoms with Crippen LogP contribution in [0.25, 0.3) is 0 Å². The molecule has 1 atom stereocenters. The van der Waals surface area contributed by atoms with E-state index in [0.29, 0.717) is 39.1 Å². The van der Waals surface area contributed by atoms with E-state index >= 15 is 0 Å². The Labute approximate surface area is 129 Å². The maximum absolute atomic E-state index is 12.2. The van der Waals surface area contributed by atoms with Gasteiger partial charge in [0.25, 0.3) is 5.91 Å². The zero-order valence-corrected chi connectivity index (χ0v) is 13.3. The summed E-state index contributed by atoms with van der Waals surface area (Å²) in [6, 6.07) is 1.84. The molecule has 1 aliphatic heterocycles. The number of amides is 2. The molecular weight excluding hydrogens is 286 g/mol. The van der Waals surface area contributed by atoms with Gasteiger partial charge >= 0.3 is 0 Å². The number of hydrogen-bond acceptors (Lipinski definition) is 4. The molecule has 2 heterocycles. The summed E-state index contributed by atoms with van der Waals surface area (Å²) in [5.74, 6) is 0.495. The Morgan fingerprint density at radius 2 is 1.95 bits per heavy atom. The molecule has 1 aromatic heterocycles. The van der Waals surface area contributed by atoms with Crippen molar-refractivity contribution in [2.75, 3.05) is 32.7 Å². The quantitative estimate of drug-likeness (QED) is 0.894. The number of hydrogen-bond donors (Lipinski definition) is 1. The standard InChI is InChI=1S/C15H23N3O2S/c1-2-12(10-16)9-14(19)17-4-6-18(7-5-17)15(20)13-3-8-21-11-13/h3,8,11-12H,2,4-7,9-10,16H2,1H3. The third kappa shape index (κ3) is 4.04. The van der Waals surface area contributed by atoms with Crippen LogP contribution in [-0.2, 0) is 4.79 Å². The molecule has 0 aromatic carbocycles. The number of carbonyl (C=O) groups is 2. The minimum absolute atomic E-state index is 0.0664. The van der Waals surface area contributed by atoms with Crippen LogP contribution in [0, 0.1) is 5.92 Å². The SMILES string of the molecule is CCC(CN)CC(=O)N1CCN(C(=O)c2ccsc2)CC1. The first-order valence-electron chi connectivity index (χ1n) is 7.45. The number of thiophene rings is 1. The van der Waals surface area contributed by atoms with E-state index in [2.05, 4.69) is 6.92 Å². The summed E-state index contributed by atoms with van der Waals surface area (Å²) in [4.78, 5) is 28.1. The first-order valence-corrected chi connectivity index (χ1v) is 8.39. The van der Waals surface area contributed by atoms with Crippen molar-refractivity contribution in [1.29, 1.82) is 0 Å². The van der Waals surface area contributed by atoms with Gasteiger partial charge in [0.2, 0.25) is 5.91 Å². The van der Waals surface area contributed by atoms with Crippen LogP contribution >= 0.6 is 11.3 Å². The zero-order chi connectivity index (χ0) is 15.2. The lowest BCUT2D eigenvalue weighted by atomic mass is 10.0. The van der Waals surface area contributed by atoms with Crippen molar-refractivity contribution < 1.29 is 9.59 Å². The van der Waals surface area contributed by atoms with E-state index < -0.39 is 0 Å². The Morgan fingerprint density at radius 1 is 1.29 bits per heavy atom. The van der Waals surface area contributed by atoms with Crippen LogP contribution in [0.4, 0.5) is 0 Å². The minimum Gasteiger partial charge on any atom is -0.339 e. The number of nitrogens with zero attached hydrogens (tertiary/aromatic N) is 2. The van der Waals surface area contributed by atoms with E-state index in [0.717, 1.165) is 12.0 Å². The molecule has 1 saturated heterocycles. The van der Waals surface area contributed by atoms with Gasteiger partial charge < -0.3 is 15.5 Å². The van der Waals surface area contributed by atoms with Crippen LogP contribution in [0.5, 0.6) is 0 Å². The molecule has 0 radical (unpaired) electrons. The van der Waals surface area contributed by atoms with E-state index in [4.69, 9.17) is 5.73 Å². The van der Waals surface area contributed by atoms with E-state index in [1.165, 1.54) is 11.3 Å². The van der Waals surface area contributed by atoms with E-state index in [9.17, 15) is 9.59 Å². The monoisotopic (exact) mass is 309 g/mol. The molecule has 116 valence electrons. The Morgan fingerprint density at radius 3 is 2.48 bits per heavy atom. The van der Waals surface area contributed by atoms with Crippen molar-refractivity contribution >= 4 is 23.2 Å². The van der Waals surface area contributed by atoms with Gasteiger partial charge in [0.05, 0.1) is 5.56 Å². The van der Waals surface area contributed by atoms with Crippen LogP contribution in [0.2, 0.25) is 0 Å². The van der Waals surface area contributed by atoms with E-state index in [1.54, 1.807) is 0 Å². The molecule has 2 amide bonds. The lowest BCUT2D eigenvalue weighted by molar-refractivity contribution is -0.133. The molecule has 5 nitrogen and oxygen atoms in total. The topological polar surface area (TPSA) is 66.6 Å². The van der Waals surface area contributed by atoms with Crippen molar-refractivity contribution in [3.8, 4) is 0 Å². The van der Waals surface area contributed by atoms with Gasteiger partial charge in [0.1, 0.15) is 0 Å². The number of nitrogens with two attached hydrogens (primary N) is 1. The molecule has 0 saturated carbocycles. The summed E-state index contributed by atoms with van der Waals surface area (Å²) < 4.78 is 0. The second-order valence-corrected chi connectivity index (χ2v) is 6.18. The summed E-state index contributed by atoms with van der Waals surface area (Å²) in [7, 11) is 0. The van der Waals surface area contributed by atoms with Gasteiger partial charge in [0.15, 0.2) is 0 Å². The smallest absolute Gasteiger partial charge is 0.254 e. The predicted octanol–water partition coefficient (Wildman–Crippen LogP) is 1.41. The fourth-order valence-corrected chi connectivity index (χ4v) is 3.13. The third-order valence-corrected chi connectivity index (χ3v) is 4.74. The molecule has 0 bridgehead atoms. The van der Waals surface area contributed by atoms with E-state index in [-0.39, 0.29) is 17.7 Å². The molecule has 1 unspecified atom stereocenters. The zero-order valence-electron chi connectivity index (χ0n) is 12.5. The number of piperazine rings is 1. The lowest BCUT2D eigenvalue weighted by Crippen LogP contribution is -2.50. The second-order valence-electron chi connectivity index (χ2n) is 5.40. The first kappa shape index (κ1) is 16.0. The summed E-state index contributed by atoms with van der Waals surface area (Å²) in [5.41, 5.74) is 6.40. The first-order chi connectivity index (χ1) is 10.2. The normalized spacial score (nSPS) is 16.9. The van der Waals surface area contributed by atoms with Gasteiger partial charge in [-0.15, -0.1) is 0 Å². The lowest BCUT2D eigenvalue weighted by Gasteiger charge is -2.35. The molecular formula is C15H23N3O2S. The van der Waals surface area contributed by atoms with Crippen LogP contribution < -0.4 is 5.73 Å². The van der Waals surface area contributed by atoms with Crippen LogP contribution in [0.15, 0.2) is 16.8 Å². The third-order valence-electron chi connectivity index (χ3n) is 4.06. The second kappa shape index (κ2) is 7.56. The van der Waals surface area contributed by atoms with Crippen LogP contribution in [-0.4, -0.2) is 54.3 Å². The molecule has 1 fully saturated rings. The van der Waals surface area contributed by atoms with Gasteiger partial charge in [-0.1, -0.05) is 13.3 Å². The van der Waals surface area contributed by atoms with Crippen LogP contribution in [0.3, 0.4) is 0 Å². The fourth-order valence-electron chi connectivity index (χ4n) is 2.50. The molecule has 1 aromatic rings. The predicted molar refractivity (Wildman–Crippen MR) is 84.3 cm³/mol. The van der Waals surface area contributed by atoms with Gasteiger partial charge in [-0.2, -0.15) is 11.3 Å². The highest BCUT2D eigenvalue weighted by Gasteiger charge is 2.25. The molecule has 2 rings (SSSR count). The number of rotatable bonds is 5. The molecule has 0 spiro atoms. The highest BCUT2D eigenvalue weighted by Crippen LogP contribution is 2.14. The van der Waals surface area contributed by atoms with Crippen molar-refractivity contribution in [3.05, 3.63) is 22.4 Å². The van der Waals surface area contributed by atoms with E-state index in [1.807, 2.05) is 26.6 Å². The molecule has 1 aliphatic rings. The van der Waals surface area contributed by atoms with Gasteiger partial charge in [0, 0.05) is 38.0 Å². The molecule has 2 N–H and O–H groups in total. The summed E-state index contributed by atoms with van der Waals surface area (Å²) in [6.45, 7) is 5.08. The average Bonchev–Trinajstić information content (AvgIpc) is 3.06. The molecule has 21 heavy (non-hydrogen) atoms. The highest BCUT2D eigenvalue weighted by atomic mass is 32.1. The number of carbonyl (C=O) groups excluding carboxylic acids is 2. The maximum atomic E-state index is 12.2. The summed E-state index contributed by atoms with van der Waals surface area (Å²) >= 11 is 1.53. The Hall–Kier alpha value is -1.40. The average molecular weight is 309 g/mol. The summed E-state index contributed by atoms with van der Waals surface area (Å²) in [5, 5.41) is 3.78.